The zero-order valence-corrected chi connectivity index (χ0v) is 33.8. The summed E-state index contributed by atoms with van der Waals surface area (Å²) in [5, 5.41) is 0. The van der Waals surface area contributed by atoms with Gasteiger partial charge in [0.25, 0.3) is 8.05 Å². The number of allylic oxidation sites excluding steroid dienone is 2. The van der Waals surface area contributed by atoms with Crippen molar-refractivity contribution in [2.75, 3.05) is 19.8 Å². The van der Waals surface area contributed by atoms with Gasteiger partial charge in [0.05, 0.1) is 31.5 Å². The maximum Gasteiger partial charge on any atom is 0.306 e. The van der Waals surface area contributed by atoms with Crippen molar-refractivity contribution in [3.8, 4) is 0 Å². The van der Waals surface area contributed by atoms with Crippen molar-refractivity contribution in [1.29, 1.82) is 0 Å². The summed E-state index contributed by atoms with van der Waals surface area (Å²) in [5.41, 5.74) is 2.07. The zero-order chi connectivity index (χ0) is 36.5. The minimum atomic E-state index is -0.211. The van der Waals surface area contributed by atoms with Gasteiger partial charge in [0.15, 0.2) is 0 Å². The van der Waals surface area contributed by atoms with Gasteiger partial charge in [-0.3, -0.25) is 4.79 Å². The molecule has 10 atom stereocenters. The number of unbranched alkanes of at least 4 members (excludes halogenated alkanes) is 10. The number of hydrogen-bond acceptors (Lipinski definition) is 6. The Morgan fingerprint density at radius 1 is 0.961 bits per heavy atom. The molecule has 3 fully saturated rings. The molecule has 4 aliphatic carbocycles. The Hall–Kier alpha value is -0.975. The number of ether oxygens (including phenoxy) is 3. The highest BCUT2D eigenvalue weighted by atomic mass is 31.0. The van der Waals surface area contributed by atoms with Gasteiger partial charge >= 0.3 is 5.97 Å². The number of carbonyl (C=O) groups is 1. The average molecular weight is 727 g/mol. The molecule has 4 aliphatic rings. The van der Waals surface area contributed by atoms with E-state index < -0.39 is 0 Å². The molecule has 288 valence electrons. The Morgan fingerprint density at radius 2 is 1.73 bits per heavy atom. The molecule has 51 heavy (non-hydrogen) atoms. The molecule has 2 radical (unpaired) electrons. The highest BCUT2D eigenvalue weighted by molar-refractivity contribution is 7.09. The van der Waals surface area contributed by atoms with E-state index in [1.807, 2.05) is 6.08 Å². The van der Waals surface area contributed by atoms with Crippen LogP contribution in [0.3, 0.4) is 0 Å². The topological polar surface area (TPSA) is 63.2 Å². The minimum absolute atomic E-state index is 0.0324. The van der Waals surface area contributed by atoms with Crippen LogP contribution in [0.4, 0.5) is 0 Å². The number of rotatable bonds is 25. The van der Waals surface area contributed by atoms with E-state index in [4.69, 9.17) is 31.4 Å². The van der Waals surface area contributed by atoms with Gasteiger partial charge in [-0.2, -0.15) is 0 Å². The monoisotopic (exact) mass is 727 g/mol. The van der Waals surface area contributed by atoms with Crippen molar-refractivity contribution in [2.45, 2.75) is 180 Å². The van der Waals surface area contributed by atoms with Crippen LogP contribution in [0, 0.1) is 28.6 Å². The normalized spacial score (nSPS) is 31.4. The molecule has 8 heteroatoms. The summed E-state index contributed by atoms with van der Waals surface area (Å²) in [4.78, 5) is 12.8. The van der Waals surface area contributed by atoms with Gasteiger partial charge in [-0.05, 0) is 100 Å². The lowest BCUT2D eigenvalue weighted by molar-refractivity contribution is -0.160. The smallest absolute Gasteiger partial charge is 0.306 e. The molecule has 4 rings (SSSR count). The molecule has 0 aliphatic heterocycles. The first kappa shape index (κ1) is 42.8. The second-order valence-corrected chi connectivity index (χ2v) is 17.0. The number of carbonyl (C=O) groups excluding carboxylic acids is 1. The van der Waals surface area contributed by atoms with Crippen molar-refractivity contribution in [3.05, 3.63) is 36.5 Å². The van der Waals surface area contributed by atoms with Crippen LogP contribution < -0.4 is 0 Å². The van der Waals surface area contributed by atoms with Crippen molar-refractivity contribution < 1.29 is 28.2 Å². The Kier molecular flexibility index (Phi) is 18.8. The van der Waals surface area contributed by atoms with Gasteiger partial charge in [0.1, 0.15) is 6.10 Å². The standard InChI is InChI=1S/C43H72BO6P/c1-5-7-8-17-20-41(45)49-40-24-23-38-37-22-21-33-30-35(25-27-42(33,3)39(37)26-28-43(38,40)4)48-34(6-2)19-16-14-12-10-9-11-13-15-18-29-46-31-36(50-44)32-47-51/h6,16,19,30,34-40H,2,5,7-15,17-18,20-29,31-32,51H2,1,3-4H3/b19-16-/t34?,35?,36?,37-,38-,39-,40-,42-,43-/m0/s1. The second kappa shape index (κ2) is 22.4. The number of hydrogen-bond donors (Lipinski definition) is 0. The van der Waals surface area contributed by atoms with Gasteiger partial charge in [-0.1, -0.05) is 102 Å². The summed E-state index contributed by atoms with van der Waals surface area (Å²) in [6.07, 6.45) is 33.3. The first-order valence-corrected chi connectivity index (χ1v) is 21.4. The average Bonchev–Trinajstić information content (AvgIpc) is 3.46. The van der Waals surface area contributed by atoms with Gasteiger partial charge in [0.2, 0.25) is 0 Å². The molecule has 0 N–H and O–H groups in total. The molecule has 0 aromatic heterocycles. The summed E-state index contributed by atoms with van der Waals surface area (Å²) in [6.45, 7) is 13.0. The summed E-state index contributed by atoms with van der Waals surface area (Å²) in [5.74, 6) is 2.20. The second-order valence-electron chi connectivity index (χ2n) is 16.7. The summed E-state index contributed by atoms with van der Waals surface area (Å²) in [6, 6.07) is 0. The van der Waals surface area contributed by atoms with Crippen LogP contribution in [0.2, 0.25) is 0 Å². The van der Waals surface area contributed by atoms with E-state index in [-0.39, 0.29) is 41.2 Å². The molecule has 0 aromatic carbocycles. The van der Waals surface area contributed by atoms with E-state index in [0.29, 0.717) is 25.6 Å². The summed E-state index contributed by atoms with van der Waals surface area (Å²) in [7, 11) is 7.45. The Bertz CT molecular complexity index is 1100. The van der Waals surface area contributed by atoms with E-state index >= 15 is 0 Å². The van der Waals surface area contributed by atoms with Crippen molar-refractivity contribution in [3.63, 3.8) is 0 Å². The maximum atomic E-state index is 12.8. The van der Waals surface area contributed by atoms with Crippen molar-refractivity contribution in [2.24, 2.45) is 28.6 Å². The Morgan fingerprint density at radius 3 is 2.47 bits per heavy atom. The highest BCUT2D eigenvalue weighted by Crippen LogP contribution is 2.66. The SMILES string of the molecule is [B]OC(COP)COCCCCCCCCC/C=C\C(C=C)OC1C=C2CC[C@H]3[C@@H]4CC[C@H](OC(=O)CCCCCC)[C@@]4(C)CC[C@@H]3[C@@]2(C)CC1. The highest BCUT2D eigenvalue weighted by Gasteiger charge is 2.60. The van der Waals surface area contributed by atoms with E-state index in [1.54, 1.807) is 5.57 Å². The molecule has 0 amide bonds. The van der Waals surface area contributed by atoms with Crippen molar-refractivity contribution >= 4 is 23.5 Å². The fourth-order valence-electron chi connectivity index (χ4n) is 10.3. The van der Waals surface area contributed by atoms with Crippen LogP contribution in [0.5, 0.6) is 0 Å². The van der Waals surface area contributed by atoms with Gasteiger partial charge in [0, 0.05) is 27.9 Å². The predicted molar refractivity (Wildman–Crippen MR) is 212 cm³/mol. The van der Waals surface area contributed by atoms with Crippen LogP contribution >= 0.6 is 9.47 Å². The summed E-state index contributed by atoms with van der Waals surface area (Å²) >= 11 is 0. The van der Waals surface area contributed by atoms with Crippen LogP contribution in [0.15, 0.2) is 36.5 Å². The largest absolute Gasteiger partial charge is 0.462 e. The Labute approximate surface area is 315 Å². The molecule has 0 saturated heterocycles. The molecule has 0 aromatic rings. The minimum Gasteiger partial charge on any atom is -0.462 e. The van der Waals surface area contributed by atoms with E-state index in [1.165, 1.54) is 89.9 Å². The van der Waals surface area contributed by atoms with Crippen LogP contribution in [0.1, 0.15) is 156 Å². The number of esters is 1. The molecule has 4 unspecified atom stereocenters. The zero-order valence-electron chi connectivity index (χ0n) is 32.6. The van der Waals surface area contributed by atoms with Crippen LogP contribution in [0.25, 0.3) is 0 Å². The first-order valence-electron chi connectivity index (χ1n) is 20.9. The molecule has 0 heterocycles. The van der Waals surface area contributed by atoms with Crippen LogP contribution in [-0.2, 0) is 28.2 Å². The van der Waals surface area contributed by atoms with Crippen molar-refractivity contribution in [1.82, 2.24) is 0 Å². The maximum absolute atomic E-state index is 12.8. The van der Waals surface area contributed by atoms with Gasteiger partial charge < -0.3 is 23.4 Å². The molecule has 0 spiro atoms. The summed E-state index contributed by atoms with van der Waals surface area (Å²) < 4.78 is 28.3. The molecular weight excluding hydrogens is 654 g/mol. The first-order chi connectivity index (χ1) is 24.8. The third kappa shape index (κ3) is 12.3. The van der Waals surface area contributed by atoms with E-state index in [0.717, 1.165) is 57.0 Å². The van der Waals surface area contributed by atoms with E-state index in [9.17, 15) is 4.79 Å². The predicted octanol–water partition coefficient (Wildman–Crippen LogP) is 10.7. The van der Waals surface area contributed by atoms with Crippen LogP contribution in [-0.4, -0.2) is 58.3 Å². The molecule has 6 nitrogen and oxygen atoms in total. The number of fused-ring (bicyclic) bond motifs is 5. The molecule has 3 saturated carbocycles. The fourth-order valence-corrected chi connectivity index (χ4v) is 10.5. The lowest BCUT2D eigenvalue weighted by Gasteiger charge is -2.58. The third-order valence-electron chi connectivity index (χ3n) is 13.3. The lowest BCUT2D eigenvalue weighted by Crippen LogP contribution is -2.52. The van der Waals surface area contributed by atoms with E-state index in [2.05, 4.69) is 55.0 Å². The third-order valence-corrected chi connectivity index (χ3v) is 13.5. The van der Waals surface area contributed by atoms with Gasteiger partial charge in [-0.25, -0.2) is 0 Å². The quantitative estimate of drug-likeness (QED) is 0.0307. The lowest BCUT2D eigenvalue weighted by atomic mass is 9.47. The molecular formula is C43H72BO6P. The van der Waals surface area contributed by atoms with Gasteiger partial charge in [-0.15, -0.1) is 6.58 Å². The Balaban J connectivity index is 1.13. The fraction of sp³-hybridized carbons (Fsp3) is 0.837. The molecule has 0 bridgehead atoms.